The molecule has 1 aromatic heterocycles. The molecule has 1 fully saturated rings. The molecule has 9 heteroatoms. The van der Waals surface area contributed by atoms with E-state index in [9.17, 15) is 12.8 Å². The molecule has 158 valence electrons. The van der Waals surface area contributed by atoms with Crippen LogP contribution >= 0.6 is 34.5 Å². The number of thiazole rings is 1. The highest BCUT2D eigenvalue weighted by Gasteiger charge is 2.32. The Morgan fingerprint density at radius 1 is 1.13 bits per heavy atom. The minimum atomic E-state index is -3.41. The summed E-state index contributed by atoms with van der Waals surface area (Å²) in [5.74, 6) is -0.437. The van der Waals surface area contributed by atoms with Crippen molar-refractivity contribution in [3.05, 3.63) is 75.0 Å². The van der Waals surface area contributed by atoms with Crippen LogP contribution in [0.1, 0.15) is 24.1 Å². The van der Waals surface area contributed by atoms with Crippen LogP contribution in [-0.4, -0.2) is 31.7 Å². The first kappa shape index (κ1) is 21.6. The molecule has 1 saturated heterocycles. The number of piperidine rings is 1. The number of halogens is 3. The van der Waals surface area contributed by atoms with Crippen LogP contribution in [0.2, 0.25) is 10.0 Å². The molecule has 2 aromatic carbocycles. The van der Waals surface area contributed by atoms with Crippen LogP contribution in [0.3, 0.4) is 0 Å². The van der Waals surface area contributed by atoms with E-state index in [4.69, 9.17) is 23.2 Å². The van der Waals surface area contributed by atoms with Gasteiger partial charge in [-0.05, 0) is 48.7 Å². The fraction of sp³-hybridized carbons (Fsp3) is 0.286. The van der Waals surface area contributed by atoms with Crippen molar-refractivity contribution in [2.24, 2.45) is 0 Å². The van der Waals surface area contributed by atoms with Crippen molar-refractivity contribution in [1.29, 1.82) is 0 Å². The third-order valence-electron chi connectivity index (χ3n) is 5.18. The lowest BCUT2D eigenvalue weighted by Gasteiger charge is -2.31. The number of hydrogen-bond donors (Lipinski definition) is 0. The predicted molar refractivity (Wildman–Crippen MR) is 120 cm³/mol. The van der Waals surface area contributed by atoms with E-state index >= 15 is 0 Å². The van der Waals surface area contributed by atoms with Crippen molar-refractivity contribution in [2.75, 3.05) is 18.0 Å². The summed E-state index contributed by atoms with van der Waals surface area (Å²) in [6, 6.07) is 11.2. The molecular weight excluding hydrogens is 466 g/mol. The summed E-state index contributed by atoms with van der Waals surface area (Å²) in [6.45, 7) is 1.24. The number of rotatable bonds is 5. The van der Waals surface area contributed by atoms with Crippen molar-refractivity contribution in [3.63, 3.8) is 0 Å². The number of anilines is 1. The van der Waals surface area contributed by atoms with Gasteiger partial charge >= 0.3 is 0 Å². The van der Waals surface area contributed by atoms with Crippen molar-refractivity contribution in [2.45, 2.75) is 29.4 Å². The van der Waals surface area contributed by atoms with Gasteiger partial charge in [-0.25, -0.2) is 17.8 Å². The van der Waals surface area contributed by atoms with Crippen LogP contribution in [0.15, 0.2) is 52.7 Å². The Kier molecular flexibility index (Phi) is 6.34. The Labute approximate surface area is 189 Å². The molecule has 1 aliphatic rings. The van der Waals surface area contributed by atoms with E-state index in [2.05, 4.69) is 9.88 Å². The lowest BCUT2D eigenvalue weighted by Crippen LogP contribution is -2.39. The lowest BCUT2D eigenvalue weighted by molar-refractivity contribution is 0.529. The zero-order chi connectivity index (χ0) is 21.3. The van der Waals surface area contributed by atoms with Gasteiger partial charge in [0, 0.05) is 29.9 Å². The van der Waals surface area contributed by atoms with Gasteiger partial charge in [-0.2, -0.15) is 0 Å². The van der Waals surface area contributed by atoms with E-state index in [-0.39, 0.29) is 9.92 Å². The highest BCUT2D eigenvalue weighted by Crippen LogP contribution is 2.30. The maximum Gasteiger partial charge on any atom is 0.185 e. The Balaban J connectivity index is 1.40. The molecule has 0 saturated carbocycles. The fourth-order valence-electron chi connectivity index (χ4n) is 3.58. The van der Waals surface area contributed by atoms with Gasteiger partial charge in [0.1, 0.15) is 5.82 Å². The Hall–Kier alpha value is -1.67. The van der Waals surface area contributed by atoms with Gasteiger partial charge in [-0.1, -0.05) is 35.3 Å². The highest BCUT2D eigenvalue weighted by atomic mass is 35.5. The normalized spacial score (nSPS) is 15.5. The van der Waals surface area contributed by atoms with Crippen LogP contribution in [0.25, 0.3) is 0 Å². The van der Waals surface area contributed by atoms with Crippen molar-refractivity contribution < 1.29 is 12.8 Å². The molecule has 0 spiro atoms. The topological polar surface area (TPSA) is 50.3 Å². The van der Waals surface area contributed by atoms with Crippen LogP contribution in [0.4, 0.5) is 9.52 Å². The lowest BCUT2D eigenvalue weighted by atomic mass is 10.1. The second-order valence-electron chi connectivity index (χ2n) is 7.24. The largest absolute Gasteiger partial charge is 0.348 e. The van der Waals surface area contributed by atoms with Crippen molar-refractivity contribution in [1.82, 2.24) is 4.98 Å². The number of hydrogen-bond acceptors (Lipinski definition) is 5. The number of benzene rings is 2. The fourth-order valence-corrected chi connectivity index (χ4v) is 6.60. The number of nitrogens with zero attached hydrogens (tertiary/aromatic N) is 2. The highest BCUT2D eigenvalue weighted by molar-refractivity contribution is 7.92. The SMILES string of the molecule is O=S(=O)(c1cccc(Cl)c1)C1CCN(c2nc(Cc3ccc(Cl)c(F)c3)cs2)CC1. The molecule has 0 atom stereocenters. The van der Waals surface area contributed by atoms with Gasteiger partial charge in [-0.15, -0.1) is 11.3 Å². The van der Waals surface area contributed by atoms with E-state index in [1.54, 1.807) is 30.3 Å². The molecule has 3 aromatic rings. The van der Waals surface area contributed by atoms with Crippen LogP contribution < -0.4 is 4.90 Å². The Bertz CT molecular complexity index is 1160. The summed E-state index contributed by atoms with van der Waals surface area (Å²) >= 11 is 13.2. The molecule has 0 amide bonds. The molecule has 4 nitrogen and oxygen atoms in total. The smallest absolute Gasteiger partial charge is 0.185 e. The molecule has 0 bridgehead atoms. The van der Waals surface area contributed by atoms with E-state index in [0.29, 0.717) is 37.4 Å². The molecular formula is C21H19Cl2FN2O2S2. The average Bonchev–Trinajstić information content (AvgIpc) is 3.19. The Morgan fingerprint density at radius 2 is 1.90 bits per heavy atom. The summed E-state index contributed by atoms with van der Waals surface area (Å²) < 4.78 is 39.5. The van der Waals surface area contributed by atoms with Crippen LogP contribution in [0, 0.1) is 5.82 Å². The molecule has 2 heterocycles. The van der Waals surface area contributed by atoms with E-state index in [1.165, 1.54) is 23.5 Å². The number of sulfone groups is 1. The maximum atomic E-state index is 13.6. The van der Waals surface area contributed by atoms with E-state index < -0.39 is 20.9 Å². The van der Waals surface area contributed by atoms with Crippen LogP contribution in [-0.2, 0) is 16.3 Å². The summed E-state index contributed by atoms with van der Waals surface area (Å²) in [5, 5.41) is 2.91. The monoisotopic (exact) mass is 484 g/mol. The zero-order valence-corrected chi connectivity index (χ0v) is 19.0. The Morgan fingerprint density at radius 3 is 2.60 bits per heavy atom. The molecule has 4 rings (SSSR count). The van der Waals surface area contributed by atoms with Gasteiger partial charge in [0.2, 0.25) is 0 Å². The molecule has 0 radical (unpaired) electrons. The van der Waals surface area contributed by atoms with Crippen molar-refractivity contribution in [3.8, 4) is 0 Å². The van der Waals surface area contributed by atoms with Crippen molar-refractivity contribution >= 4 is 49.5 Å². The second kappa shape index (κ2) is 8.83. The van der Waals surface area contributed by atoms with Gasteiger partial charge in [0.05, 0.1) is 20.9 Å². The predicted octanol–water partition coefficient (Wildman–Crippen LogP) is 5.62. The maximum absolute atomic E-state index is 13.6. The first-order chi connectivity index (χ1) is 14.3. The summed E-state index contributed by atoms with van der Waals surface area (Å²) in [7, 11) is -3.41. The van der Waals surface area contributed by atoms with E-state index in [1.807, 2.05) is 5.38 Å². The van der Waals surface area contributed by atoms with Gasteiger partial charge < -0.3 is 4.90 Å². The minimum absolute atomic E-state index is 0.105. The molecule has 1 aliphatic heterocycles. The number of aromatic nitrogens is 1. The molecule has 0 unspecified atom stereocenters. The third-order valence-corrected chi connectivity index (χ3v) is 8.94. The first-order valence-corrected chi connectivity index (χ1v) is 12.6. The zero-order valence-electron chi connectivity index (χ0n) is 15.9. The van der Waals surface area contributed by atoms with Gasteiger partial charge in [0.15, 0.2) is 15.0 Å². The van der Waals surface area contributed by atoms with Crippen LogP contribution in [0.5, 0.6) is 0 Å². The van der Waals surface area contributed by atoms with E-state index in [0.717, 1.165) is 16.4 Å². The van der Waals surface area contributed by atoms with Gasteiger partial charge in [0.25, 0.3) is 0 Å². The molecule has 0 aliphatic carbocycles. The summed E-state index contributed by atoms with van der Waals surface area (Å²) in [4.78, 5) is 7.05. The second-order valence-corrected chi connectivity index (χ2v) is 11.1. The summed E-state index contributed by atoms with van der Waals surface area (Å²) in [5.41, 5.74) is 1.66. The quantitative estimate of drug-likeness (QED) is 0.471. The summed E-state index contributed by atoms with van der Waals surface area (Å²) in [6.07, 6.45) is 1.59. The molecule has 30 heavy (non-hydrogen) atoms. The average molecular weight is 485 g/mol. The minimum Gasteiger partial charge on any atom is -0.348 e. The molecule has 0 N–H and O–H groups in total. The first-order valence-electron chi connectivity index (χ1n) is 9.45. The van der Waals surface area contributed by atoms with Gasteiger partial charge in [-0.3, -0.25) is 0 Å². The third kappa shape index (κ3) is 4.64. The standard InChI is InChI=1S/C21H19Cl2FN2O2S2/c22-15-2-1-3-18(12-15)30(27,28)17-6-8-26(9-7-17)21-25-16(13-29-21)10-14-4-5-19(23)20(24)11-14/h1-5,11-13,17H,6-10H2.